The molecule has 1 aromatic heterocycles. The Morgan fingerprint density at radius 2 is 2.12 bits per heavy atom. The summed E-state index contributed by atoms with van der Waals surface area (Å²) in [6.07, 6.45) is 4.80. The molecular weight excluding hydrogens is 328 g/mol. The molecule has 1 atom stereocenters. The van der Waals surface area contributed by atoms with Crippen LogP contribution in [0.2, 0.25) is 0 Å². The van der Waals surface area contributed by atoms with Crippen molar-refractivity contribution in [2.75, 3.05) is 32.9 Å². The first-order valence-corrected chi connectivity index (χ1v) is 9.82. The Hall–Kier alpha value is -1.85. The summed E-state index contributed by atoms with van der Waals surface area (Å²) in [5.74, 6) is 1.40. The van der Waals surface area contributed by atoms with Gasteiger partial charge in [0.15, 0.2) is 0 Å². The van der Waals surface area contributed by atoms with Crippen LogP contribution in [0.15, 0.2) is 30.3 Å². The van der Waals surface area contributed by atoms with E-state index in [2.05, 4.69) is 4.98 Å². The van der Waals surface area contributed by atoms with Gasteiger partial charge in [-0.05, 0) is 49.7 Å². The number of benzene rings is 1. The van der Waals surface area contributed by atoms with E-state index in [4.69, 9.17) is 9.47 Å². The van der Waals surface area contributed by atoms with Crippen molar-refractivity contribution in [3.8, 4) is 0 Å². The number of ether oxygens (including phenoxy) is 2. The molecule has 0 bridgehead atoms. The van der Waals surface area contributed by atoms with Gasteiger partial charge in [-0.15, -0.1) is 0 Å². The van der Waals surface area contributed by atoms with Crippen molar-refractivity contribution in [2.24, 2.45) is 11.8 Å². The first-order valence-electron chi connectivity index (χ1n) is 9.82. The number of carbonyl (C=O) groups is 1. The summed E-state index contributed by atoms with van der Waals surface area (Å²) < 4.78 is 11.9. The first-order chi connectivity index (χ1) is 12.7. The predicted molar refractivity (Wildman–Crippen MR) is 99.2 cm³/mol. The smallest absolute Gasteiger partial charge is 0.270 e. The number of aromatic amines is 1. The Labute approximate surface area is 153 Å². The maximum absolute atomic E-state index is 12.8. The normalized spacial score (nSPS) is 24.3. The summed E-state index contributed by atoms with van der Waals surface area (Å²) >= 11 is 0. The molecule has 5 heteroatoms. The molecule has 1 amide bonds. The maximum atomic E-state index is 12.8. The van der Waals surface area contributed by atoms with Gasteiger partial charge in [-0.3, -0.25) is 4.79 Å². The van der Waals surface area contributed by atoms with E-state index in [0.717, 1.165) is 49.5 Å². The molecule has 1 unspecified atom stereocenters. The minimum Gasteiger partial charge on any atom is -0.381 e. The fourth-order valence-corrected chi connectivity index (χ4v) is 4.40. The third-order valence-electron chi connectivity index (χ3n) is 6.23. The van der Waals surface area contributed by atoms with E-state index >= 15 is 0 Å². The van der Waals surface area contributed by atoms with Gasteiger partial charge >= 0.3 is 0 Å². The van der Waals surface area contributed by atoms with Gasteiger partial charge in [-0.2, -0.15) is 0 Å². The van der Waals surface area contributed by atoms with Crippen LogP contribution in [0.3, 0.4) is 0 Å². The summed E-state index contributed by atoms with van der Waals surface area (Å²) in [7, 11) is 0. The van der Waals surface area contributed by atoms with Crippen LogP contribution in [-0.2, 0) is 9.47 Å². The second kappa shape index (κ2) is 6.39. The lowest BCUT2D eigenvalue weighted by Gasteiger charge is -2.50. The third kappa shape index (κ3) is 2.93. The molecule has 2 aliphatic heterocycles. The van der Waals surface area contributed by atoms with E-state index in [9.17, 15) is 4.79 Å². The van der Waals surface area contributed by atoms with Crippen molar-refractivity contribution < 1.29 is 14.3 Å². The van der Waals surface area contributed by atoms with Gasteiger partial charge in [0, 0.05) is 30.7 Å². The first kappa shape index (κ1) is 16.3. The molecule has 3 fully saturated rings. The number of nitrogens with zero attached hydrogens (tertiary/aromatic N) is 1. The standard InChI is InChI=1S/C21H26N2O3/c24-20(19-11-16-3-1-2-4-18(16)22-19)23-13-21(14-23)17(8-10-26-21)7-9-25-12-15-5-6-15/h1-4,11,15,17,22H,5-10,12-14H2. The Morgan fingerprint density at radius 3 is 2.92 bits per heavy atom. The van der Waals surface area contributed by atoms with E-state index in [1.165, 1.54) is 12.8 Å². The molecule has 5 rings (SSSR count). The number of hydrogen-bond donors (Lipinski definition) is 1. The van der Waals surface area contributed by atoms with Crippen LogP contribution < -0.4 is 0 Å². The molecule has 1 aromatic carbocycles. The van der Waals surface area contributed by atoms with Gasteiger partial charge in [0.1, 0.15) is 11.3 Å². The van der Waals surface area contributed by atoms with Crippen LogP contribution >= 0.6 is 0 Å². The highest BCUT2D eigenvalue weighted by atomic mass is 16.5. The lowest BCUT2D eigenvalue weighted by molar-refractivity contribution is -0.120. The molecule has 3 aliphatic rings. The molecule has 138 valence electrons. The van der Waals surface area contributed by atoms with Crippen LogP contribution in [0.1, 0.15) is 36.2 Å². The molecule has 3 heterocycles. The van der Waals surface area contributed by atoms with Crippen LogP contribution in [0.25, 0.3) is 10.9 Å². The van der Waals surface area contributed by atoms with Crippen LogP contribution in [0, 0.1) is 11.8 Å². The Bertz CT molecular complexity index is 771. The molecule has 1 N–H and O–H groups in total. The zero-order valence-electron chi connectivity index (χ0n) is 15.1. The van der Waals surface area contributed by atoms with Crippen LogP contribution in [0.5, 0.6) is 0 Å². The molecule has 1 spiro atoms. The summed E-state index contributed by atoms with van der Waals surface area (Å²) in [5, 5.41) is 1.08. The zero-order chi connectivity index (χ0) is 17.6. The minimum absolute atomic E-state index is 0.0751. The van der Waals surface area contributed by atoms with Crippen molar-refractivity contribution in [3.05, 3.63) is 36.0 Å². The Morgan fingerprint density at radius 1 is 1.27 bits per heavy atom. The fourth-order valence-electron chi connectivity index (χ4n) is 4.40. The number of carbonyl (C=O) groups excluding carboxylic acids is 1. The van der Waals surface area contributed by atoms with Gasteiger partial charge in [-0.25, -0.2) is 0 Å². The summed E-state index contributed by atoms with van der Waals surface area (Å²) in [5.41, 5.74) is 1.54. The van der Waals surface area contributed by atoms with Gasteiger partial charge in [0.25, 0.3) is 5.91 Å². The summed E-state index contributed by atoms with van der Waals surface area (Å²) in [6.45, 7) is 3.96. The highest BCUT2D eigenvalue weighted by Crippen LogP contribution is 2.42. The summed E-state index contributed by atoms with van der Waals surface area (Å²) in [4.78, 5) is 18.0. The topological polar surface area (TPSA) is 54.6 Å². The van der Waals surface area contributed by atoms with Crippen molar-refractivity contribution in [3.63, 3.8) is 0 Å². The highest BCUT2D eigenvalue weighted by Gasteiger charge is 2.54. The van der Waals surface area contributed by atoms with Crippen LogP contribution in [-0.4, -0.2) is 54.3 Å². The Kier molecular flexibility index (Phi) is 4.02. The molecular formula is C21H26N2O3. The molecule has 0 radical (unpaired) electrons. The van der Waals surface area contributed by atoms with E-state index in [1.807, 2.05) is 35.2 Å². The van der Waals surface area contributed by atoms with Crippen molar-refractivity contribution >= 4 is 16.8 Å². The minimum atomic E-state index is -0.134. The number of nitrogens with one attached hydrogen (secondary N) is 1. The maximum Gasteiger partial charge on any atom is 0.270 e. The quantitative estimate of drug-likeness (QED) is 0.811. The van der Waals surface area contributed by atoms with Crippen molar-refractivity contribution in [2.45, 2.75) is 31.3 Å². The lowest BCUT2D eigenvalue weighted by atomic mass is 9.79. The second-order valence-corrected chi connectivity index (χ2v) is 8.14. The SMILES string of the molecule is O=C(c1cc2ccccc2[nH]1)N1CC2(C1)OCCC2CCOCC1CC1. The van der Waals surface area contributed by atoms with Crippen LogP contribution in [0.4, 0.5) is 0 Å². The monoisotopic (exact) mass is 354 g/mol. The second-order valence-electron chi connectivity index (χ2n) is 8.14. The number of H-pyrrole nitrogens is 1. The molecule has 2 aromatic rings. The van der Waals surface area contributed by atoms with Gasteiger partial charge < -0.3 is 19.4 Å². The average molecular weight is 354 g/mol. The van der Waals surface area contributed by atoms with Gasteiger partial charge in [-0.1, -0.05) is 18.2 Å². The number of hydrogen-bond acceptors (Lipinski definition) is 3. The van der Waals surface area contributed by atoms with Gasteiger partial charge in [0.05, 0.1) is 13.1 Å². The van der Waals surface area contributed by atoms with Gasteiger partial charge in [0.2, 0.25) is 0 Å². The number of para-hydroxylation sites is 1. The highest BCUT2D eigenvalue weighted by molar-refractivity contribution is 5.98. The fraction of sp³-hybridized carbons (Fsp3) is 0.571. The number of likely N-dealkylation sites (tertiary alicyclic amines) is 1. The molecule has 5 nitrogen and oxygen atoms in total. The molecule has 2 saturated heterocycles. The van der Waals surface area contributed by atoms with Crippen molar-refractivity contribution in [1.82, 2.24) is 9.88 Å². The van der Waals surface area contributed by atoms with E-state index in [0.29, 0.717) is 24.7 Å². The number of aromatic nitrogens is 1. The Balaban J connectivity index is 1.18. The van der Waals surface area contributed by atoms with E-state index < -0.39 is 0 Å². The number of fused-ring (bicyclic) bond motifs is 1. The van der Waals surface area contributed by atoms with Crippen molar-refractivity contribution in [1.29, 1.82) is 0 Å². The average Bonchev–Trinajstić information content (AvgIpc) is 3.18. The van der Waals surface area contributed by atoms with E-state index in [-0.39, 0.29) is 11.5 Å². The predicted octanol–water partition coefficient (Wildman–Crippen LogP) is 3.22. The largest absolute Gasteiger partial charge is 0.381 e. The lowest BCUT2D eigenvalue weighted by Crippen LogP contribution is -2.66. The molecule has 1 saturated carbocycles. The number of amides is 1. The number of rotatable bonds is 6. The summed E-state index contributed by atoms with van der Waals surface area (Å²) in [6, 6.07) is 9.94. The molecule has 1 aliphatic carbocycles. The third-order valence-corrected chi connectivity index (χ3v) is 6.23. The molecule has 26 heavy (non-hydrogen) atoms. The van der Waals surface area contributed by atoms with E-state index in [1.54, 1.807) is 0 Å². The zero-order valence-corrected chi connectivity index (χ0v) is 15.1.